The van der Waals surface area contributed by atoms with Crippen molar-refractivity contribution in [3.05, 3.63) is 21.6 Å². The number of halogens is 1. The van der Waals surface area contributed by atoms with Crippen LogP contribution in [0.2, 0.25) is 0 Å². The quantitative estimate of drug-likeness (QED) is 0.895. The Labute approximate surface area is 140 Å². The Balaban J connectivity index is 0.00000144. The van der Waals surface area contributed by atoms with Crippen molar-refractivity contribution in [2.75, 3.05) is 0 Å². The molecule has 4 nitrogen and oxygen atoms in total. The smallest absolute Gasteiger partial charge is 0.259 e. The third-order valence-electron chi connectivity index (χ3n) is 5.00. The Morgan fingerprint density at radius 2 is 2.14 bits per heavy atom. The molecule has 2 aromatic heterocycles. The van der Waals surface area contributed by atoms with Gasteiger partial charge in [-0.15, -0.1) is 23.7 Å². The molecule has 0 aromatic carbocycles. The number of thiophene rings is 1. The standard InChI is InChI=1S/C16H21N3OS.ClH/c1-10-4-5-11-12(9-21-13(11)8-10)14-18-15(19-20-14)16(17)6-2-3-7-16;/h9-10H,2-8,17H2,1H3;1H. The van der Waals surface area contributed by atoms with Crippen molar-refractivity contribution in [1.82, 2.24) is 10.1 Å². The average molecular weight is 340 g/mol. The lowest BCUT2D eigenvalue weighted by Gasteiger charge is -2.18. The van der Waals surface area contributed by atoms with Crippen molar-refractivity contribution >= 4 is 23.7 Å². The maximum atomic E-state index is 6.42. The van der Waals surface area contributed by atoms with Gasteiger partial charge in [0, 0.05) is 10.3 Å². The van der Waals surface area contributed by atoms with Crippen LogP contribution in [0.25, 0.3) is 11.5 Å². The first-order valence-electron chi connectivity index (χ1n) is 7.88. The van der Waals surface area contributed by atoms with Gasteiger partial charge >= 0.3 is 0 Å². The van der Waals surface area contributed by atoms with Gasteiger partial charge in [0.2, 0.25) is 0 Å². The third kappa shape index (κ3) is 2.59. The van der Waals surface area contributed by atoms with E-state index in [1.807, 2.05) is 11.3 Å². The van der Waals surface area contributed by atoms with Gasteiger partial charge < -0.3 is 10.3 Å². The van der Waals surface area contributed by atoms with Gasteiger partial charge in [-0.25, -0.2) is 0 Å². The highest BCUT2D eigenvalue weighted by molar-refractivity contribution is 7.10. The molecule has 1 atom stereocenters. The van der Waals surface area contributed by atoms with E-state index >= 15 is 0 Å². The normalized spacial score (nSPS) is 23.1. The van der Waals surface area contributed by atoms with Crippen molar-refractivity contribution in [1.29, 1.82) is 0 Å². The van der Waals surface area contributed by atoms with Gasteiger partial charge in [-0.2, -0.15) is 4.98 Å². The first kappa shape index (κ1) is 16.0. The molecule has 0 bridgehead atoms. The summed E-state index contributed by atoms with van der Waals surface area (Å²) in [6, 6.07) is 0. The lowest BCUT2D eigenvalue weighted by Crippen LogP contribution is -2.34. The monoisotopic (exact) mass is 339 g/mol. The molecule has 0 saturated heterocycles. The Morgan fingerprint density at radius 1 is 1.36 bits per heavy atom. The molecule has 2 aliphatic rings. The van der Waals surface area contributed by atoms with E-state index in [0.29, 0.717) is 11.7 Å². The Bertz CT molecular complexity index is 660. The Kier molecular flexibility index (Phi) is 4.32. The van der Waals surface area contributed by atoms with Crippen molar-refractivity contribution in [3.8, 4) is 11.5 Å². The summed E-state index contributed by atoms with van der Waals surface area (Å²) in [4.78, 5) is 6.13. The van der Waals surface area contributed by atoms with Crippen LogP contribution in [0, 0.1) is 5.92 Å². The summed E-state index contributed by atoms with van der Waals surface area (Å²) in [6.45, 7) is 2.32. The van der Waals surface area contributed by atoms with Crippen LogP contribution >= 0.6 is 23.7 Å². The van der Waals surface area contributed by atoms with E-state index in [9.17, 15) is 0 Å². The van der Waals surface area contributed by atoms with Crippen LogP contribution < -0.4 is 5.73 Å². The minimum Gasteiger partial charge on any atom is -0.334 e. The van der Waals surface area contributed by atoms with Gasteiger partial charge in [0.25, 0.3) is 5.89 Å². The van der Waals surface area contributed by atoms with E-state index in [0.717, 1.165) is 43.6 Å². The summed E-state index contributed by atoms with van der Waals surface area (Å²) in [7, 11) is 0. The molecule has 0 aliphatic heterocycles. The number of aromatic nitrogens is 2. The lowest BCUT2D eigenvalue weighted by molar-refractivity contribution is 0.372. The minimum absolute atomic E-state index is 0. The number of fused-ring (bicyclic) bond motifs is 1. The van der Waals surface area contributed by atoms with Crippen LogP contribution in [0.15, 0.2) is 9.90 Å². The fourth-order valence-electron chi connectivity index (χ4n) is 3.62. The van der Waals surface area contributed by atoms with Crippen LogP contribution in [0.5, 0.6) is 0 Å². The zero-order valence-electron chi connectivity index (χ0n) is 12.8. The largest absolute Gasteiger partial charge is 0.334 e. The summed E-state index contributed by atoms with van der Waals surface area (Å²) in [5.41, 5.74) is 8.61. The van der Waals surface area contributed by atoms with E-state index in [2.05, 4.69) is 22.4 Å². The zero-order valence-corrected chi connectivity index (χ0v) is 14.4. The molecular weight excluding hydrogens is 318 g/mol. The molecule has 1 saturated carbocycles. The molecular formula is C16H22ClN3OS. The van der Waals surface area contributed by atoms with Crippen molar-refractivity contribution in [3.63, 3.8) is 0 Å². The summed E-state index contributed by atoms with van der Waals surface area (Å²) < 4.78 is 5.55. The molecule has 2 aliphatic carbocycles. The molecule has 1 unspecified atom stereocenters. The number of rotatable bonds is 2. The predicted octanol–water partition coefficient (Wildman–Crippen LogP) is 4.07. The second kappa shape index (κ2) is 5.95. The van der Waals surface area contributed by atoms with Crippen molar-refractivity contribution < 1.29 is 4.52 Å². The average Bonchev–Trinajstić information content (AvgIpc) is 3.16. The molecule has 0 spiro atoms. The van der Waals surface area contributed by atoms with Crippen molar-refractivity contribution in [2.45, 2.75) is 57.4 Å². The fraction of sp³-hybridized carbons (Fsp3) is 0.625. The molecule has 2 aromatic rings. The number of hydrogen-bond acceptors (Lipinski definition) is 5. The van der Waals surface area contributed by atoms with E-state index in [-0.39, 0.29) is 17.9 Å². The van der Waals surface area contributed by atoms with E-state index in [1.165, 1.54) is 23.3 Å². The maximum Gasteiger partial charge on any atom is 0.259 e. The molecule has 1 fully saturated rings. The molecule has 2 heterocycles. The topological polar surface area (TPSA) is 64.9 Å². The van der Waals surface area contributed by atoms with Crippen LogP contribution in [0.4, 0.5) is 0 Å². The van der Waals surface area contributed by atoms with Gasteiger partial charge in [-0.1, -0.05) is 24.9 Å². The first-order chi connectivity index (χ1) is 10.2. The molecule has 0 amide bonds. The first-order valence-corrected chi connectivity index (χ1v) is 8.76. The fourth-order valence-corrected chi connectivity index (χ4v) is 4.86. The highest BCUT2D eigenvalue weighted by atomic mass is 35.5. The number of hydrogen-bond donors (Lipinski definition) is 1. The lowest BCUT2D eigenvalue weighted by atomic mass is 9.88. The van der Waals surface area contributed by atoms with E-state index in [1.54, 1.807) is 0 Å². The third-order valence-corrected chi connectivity index (χ3v) is 6.05. The van der Waals surface area contributed by atoms with Gasteiger partial charge in [-0.05, 0) is 43.6 Å². The predicted molar refractivity (Wildman–Crippen MR) is 90.4 cm³/mol. The van der Waals surface area contributed by atoms with Gasteiger partial charge in [-0.3, -0.25) is 0 Å². The van der Waals surface area contributed by atoms with Gasteiger partial charge in [0.15, 0.2) is 5.82 Å². The van der Waals surface area contributed by atoms with Gasteiger partial charge in [0.1, 0.15) is 0 Å². The summed E-state index contributed by atoms with van der Waals surface area (Å²) >= 11 is 1.83. The maximum absolute atomic E-state index is 6.42. The Hall–Kier alpha value is -0.910. The van der Waals surface area contributed by atoms with E-state index < -0.39 is 0 Å². The summed E-state index contributed by atoms with van der Waals surface area (Å²) in [6.07, 6.45) is 7.80. The number of nitrogens with zero attached hydrogens (tertiary/aromatic N) is 2. The van der Waals surface area contributed by atoms with Crippen LogP contribution in [0.3, 0.4) is 0 Å². The van der Waals surface area contributed by atoms with Crippen LogP contribution in [0.1, 0.15) is 55.3 Å². The second-order valence-electron chi connectivity index (χ2n) is 6.69. The van der Waals surface area contributed by atoms with Crippen LogP contribution in [-0.2, 0) is 18.4 Å². The molecule has 120 valence electrons. The Morgan fingerprint density at radius 3 is 2.91 bits per heavy atom. The highest BCUT2D eigenvalue weighted by Crippen LogP contribution is 2.39. The van der Waals surface area contributed by atoms with Gasteiger partial charge in [0.05, 0.1) is 11.1 Å². The minimum atomic E-state index is -0.369. The summed E-state index contributed by atoms with van der Waals surface area (Å²) in [5, 5.41) is 6.36. The van der Waals surface area contributed by atoms with E-state index in [4.69, 9.17) is 10.3 Å². The highest BCUT2D eigenvalue weighted by Gasteiger charge is 2.36. The number of nitrogens with two attached hydrogens (primary N) is 1. The van der Waals surface area contributed by atoms with Crippen molar-refractivity contribution in [2.24, 2.45) is 11.7 Å². The molecule has 2 N–H and O–H groups in total. The molecule has 6 heteroatoms. The molecule has 22 heavy (non-hydrogen) atoms. The van der Waals surface area contributed by atoms with Crippen LogP contribution in [-0.4, -0.2) is 10.1 Å². The second-order valence-corrected chi connectivity index (χ2v) is 7.65. The zero-order chi connectivity index (χ0) is 14.4. The molecule has 4 rings (SSSR count). The summed E-state index contributed by atoms with van der Waals surface area (Å²) in [5.74, 6) is 2.14. The SMILES string of the molecule is CC1CCc2c(-c3nc(C4(N)CCCC4)no3)csc2C1.Cl. The molecule has 0 radical (unpaired) electrons.